The van der Waals surface area contributed by atoms with Crippen LogP contribution in [-0.4, -0.2) is 39.0 Å². The Labute approximate surface area is 159 Å². The van der Waals surface area contributed by atoms with Crippen molar-refractivity contribution >= 4 is 5.91 Å². The number of hydrogen-bond acceptors (Lipinski definition) is 6. The predicted octanol–water partition coefficient (Wildman–Crippen LogP) is 3.55. The molecule has 0 aliphatic carbocycles. The van der Waals surface area contributed by atoms with Crippen molar-refractivity contribution in [2.75, 3.05) is 13.1 Å². The van der Waals surface area contributed by atoms with Gasteiger partial charge in [0.15, 0.2) is 0 Å². The molecular weight excluding hydrogens is 370 g/mol. The van der Waals surface area contributed by atoms with Crippen molar-refractivity contribution in [3.8, 4) is 11.8 Å². The molecule has 1 amide bonds. The Hall–Kier alpha value is -3.36. The van der Waals surface area contributed by atoms with E-state index in [4.69, 9.17) is 9.26 Å². The van der Waals surface area contributed by atoms with Gasteiger partial charge in [-0.05, 0) is 36.2 Å². The zero-order valence-corrected chi connectivity index (χ0v) is 14.7. The highest BCUT2D eigenvalue weighted by Gasteiger charge is 2.29. The molecule has 1 saturated heterocycles. The molecule has 7 nitrogen and oxygen atoms in total. The Bertz CT molecular complexity index is 995. The predicted molar refractivity (Wildman–Crippen MR) is 92.8 cm³/mol. The Morgan fingerprint density at radius 1 is 1.25 bits per heavy atom. The molecule has 1 aromatic carbocycles. The molecule has 2 aromatic heterocycles. The van der Waals surface area contributed by atoms with E-state index in [2.05, 4.69) is 15.1 Å². The van der Waals surface area contributed by atoms with Gasteiger partial charge in [-0.2, -0.15) is 9.37 Å². The van der Waals surface area contributed by atoms with Gasteiger partial charge in [-0.1, -0.05) is 6.07 Å². The zero-order valence-electron chi connectivity index (χ0n) is 14.7. The minimum atomic E-state index is -0.699. The van der Waals surface area contributed by atoms with E-state index in [0.29, 0.717) is 19.0 Å². The summed E-state index contributed by atoms with van der Waals surface area (Å²) in [5, 5.41) is 3.76. The molecule has 144 valence electrons. The van der Waals surface area contributed by atoms with Gasteiger partial charge < -0.3 is 14.2 Å². The summed E-state index contributed by atoms with van der Waals surface area (Å²) in [5.41, 5.74) is 0.244. The summed E-state index contributed by atoms with van der Waals surface area (Å²) in [5.74, 6) is -0.980. The number of rotatable bonds is 4. The molecule has 3 heterocycles. The van der Waals surface area contributed by atoms with E-state index in [-0.39, 0.29) is 29.1 Å². The molecule has 1 aliphatic heterocycles. The lowest BCUT2D eigenvalue weighted by Crippen LogP contribution is -2.39. The summed E-state index contributed by atoms with van der Waals surface area (Å²) in [7, 11) is 0. The number of amides is 1. The van der Waals surface area contributed by atoms with Crippen molar-refractivity contribution in [2.45, 2.75) is 18.8 Å². The van der Waals surface area contributed by atoms with Gasteiger partial charge in [0.2, 0.25) is 11.8 Å². The molecule has 9 heteroatoms. The maximum absolute atomic E-state index is 13.3. The first-order valence-electron chi connectivity index (χ1n) is 8.76. The third-order valence-electron chi connectivity index (χ3n) is 4.46. The highest BCUT2D eigenvalue weighted by Crippen LogP contribution is 2.29. The second-order valence-corrected chi connectivity index (χ2v) is 6.43. The lowest BCUT2D eigenvalue weighted by Gasteiger charge is -2.31. The maximum atomic E-state index is 13.3. The summed E-state index contributed by atoms with van der Waals surface area (Å²) in [6, 6.07) is 8.17. The second kappa shape index (κ2) is 7.71. The van der Waals surface area contributed by atoms with Crippen LogP contribution in [0.5, 0.6) is 11.8 Å². The van der Waals surface area contributed by atoms with E-state index in [9.17, 15) is 13.6 Å². The van der Waals surface area contributed by atoms with Gasteiger partial charge in [0.1, 0.15) is 11.6 Å². The van der Waals surface area contributed by atoms with Crippen molar-refractivity contribution in [1.82, 2.24) is 20.0 Å². The summed E-state index contributed by atoms with van der Waals surface area (Å²) in [6.45, 7) is 0.921. The van der Waals surface area contributed by atoms with Crippen LogP contribution in [0, 0.1) is 11.8 Å². The number of halogens is 2. The average molecular weight is 386 g/mol. The SMILES string of the molecule is O=C(c1ccnc(F)c1)N1CCC[C@H](c2nc(Oc3cccc(F)c3)no2)C1. The fourth-order valence-electron chi connectivity index (χ4n) is 3.15. The number of pyridine rings is 1. The topological polar surface area (TPSA) is 81.4 Å². The number of benzene rings is 1. The minimum Gasteiger partial charge on any atom is -0.422 e. The molecule has 0 unspecified atom stereocenters. The minimum absolute atomic E-state index is 0.0275. The summed E-state index contributed by atoms with van der Waals surface area (Å²) >= 11 is 0. The van der Waals surface area contributed by atoms with Crippen LogP contribution in [0.25, 0.3) is 0 Å². The molecule has 28 heavy (non-hydrogen) atoms. The van der Waals surface area contributed by atoms with Crippen LogP contribution >= 0.6 is 0 Å². The molecule has 1 aliphatic rings. The number of hydrogen-bond donors (Lipinski definition) is 0. The first-order chi connectivity index (χ1) is 13.6. The van der Waals surface area contributed by atoms with Crippen LogP contribution in [0.3, 0.4) is 0 Å². The number of ether oxygens (including phenoxy) is 1. The van der Waals surface area contributed by atoms with Gasteiger partial charge in [0, 0.05) is 37.0 Å². The third-order valence-corrected chi connectivity index (χ3v) is 4.46. The van der Waals surface area contributed by atoms with Crippen LogP contribution in [0.4, 0.5) is 8.78 Å². The van der Waals surface area contributed by atoms with Crippen molar-refractivity contribution in [2.24, 2.45) is 0 Å². The van der Waals surface area contributed by atoms with Crippen molar-refractivity contribution in [1.29, 1.82) is 0 Å². The summed E-state index contributed by atoms with van der Waals surface area (Å²) in [6.07, 6.45) is 2.76. The van der Waals surface area contributed by atoms with E-state index in [1.54, 1.807) is 11.0 Å². The van der Waals surface area contributed by atoms with Crippen molar-refractivity contribution in [3.63, 3.8) is 0 Å². The van der Waals surface area contributed by atoms with Gasteiger partial charge in [-0.25, -0.2) is 9.37 Å². The van der Waals surface area contributed by atoms with Crippen molar-refractivity contribution < 1.29 is 22.8 Å². The molecule has 0 bridgehead atoms. The van der Waals surface area contributed by atoms with Crippen LogP contribution < -0.4 is 4.74 Å². The van der Waals surface area contributed by atoms with E-state index in [1.165, 1.54) is 30.5 Å². The average Bonchev–Trinajstić information content (AvgIpc) is 3.16. The van der Waals surface area contributed by atoms with Gasteiger partial charge in [-0.3, -0.25) is 4.79 Å². The van der Waals surface area contributed by atoms with E-state index in [0.717, 1.165) is 18.9 Å². The molecule has 0 N–H and O–H groups in total. The molecule has 1 atom stereocenters. The largest absolute Gasteiger partial charge is 0.422 e. The van der Waals surface area contributed by atoms with E-state index >= 15 is 0 Å². The second-order valence-electron chi connectivity index (χ2n) is 6.43. The monoisotopic (exact) mass is 386 g/mol. The molecule has 0 spiro atoms. The maximum Gasteiger partial charge on any atom is 0.359 e. The highest BCUT2D eigenvalue weighted by molar-refractivity contribution is 5.94. The Morgan fingerprint density at radius 2 is 2.14 bits per heavy atom. The molecule has 1 fully saturated rings. The lowest BCUT2D eigenvalue weighted by molar-refractivity contribution is 0.0695. The molecule has 3 aromatic rings. The molecule has 4 rings (SSSR count). The van der Waals surface area contributed by atoms with E-state index in [1.807, 2.05) is 0 Å². The number of nitrogens with zero attached hydrogens (tertiary/aromatic N) is 4. The Kier molecular flexibility index (Phi) is 4.96. The number of carbonyl (C=O) groups is 1. The molecule has 0 saturated carbocycles. The van der Waals surface area contributed by atoms with Gasteiger partial charge >= 0.3 is 6.01 Å². The normalized spacial score (nSPS) is 16.8. The zero-order chi connectivity index (χ0) is 19.5. The lowest BCUT2D eigenvalue weighted by atomic mass is 9.97. The van der Waals surface area contributed by atoms with Gasteiger partial charge in [0.25, 0.3) is 5.91 Å². The Morgan fingerprint density at radius 3 is 2.96 bits per heavy atom. The third kappa shape index (κ3) is 3.98. The van der Waals surface area contributed by atoms with Gasteiger partial charge in [0.05, 0.1) is 5.92 Å². The molecule has 0 radical (unpaired) electrons. The first-order valence-corrected chi connectivity index (χ1v) is 8.76. The number of aromatic nitrogens is 3. The summed E-state index contributed by atoms with van der Waals surface area (Å²) in [4.78, 5) is 21.9. The molecular formula is C19H16F2N4O3. The fourth-order valence-corrected chi connectivity index (χ4v) is 3.15. The van der Waals surface area contributed by atoms with Crippen LogP contribution in [0.1, 0.15) is 35.0 Å². The van der Waals surface area contributed by atoms with Crippen LogP contribution in [0.2, 0.25) is 0 Å². The first kappa shape index (κ1) is 18.0. The summed E-state index contributed by atoms with van der Waals surface area (Å²) < 4.78 is 37.2. The Balaban J connectivity index is 1.45. The van der Waals surface area contributed by atoms with Gasteiger partial charge in [-0.15, -0.1) is 0 Å². The highest BCUT2D eigenvalue weighted by atomic mass is 19.1. The number of likely N-dealkylation sites (tertiary alicyclic amines) is 1. The number of carbonyl (C=O) groups excluding carboxylic acids is 1. The van der Waals surface area contributed by atoms with E-state index < -0.39 is 11.8 Å². The fraction of sp³-hybridized carbons (Fsp3) is 0.263. The van der Waals surface area contributed by atoms with Crippen molar-refractivity contribution in [3.05, 3.63) is 65.8 Å². The smallest absolute Gasteiger partial charge is 0.359 e. The van der Waals surface area contributed by atoms with Crippen LogP contribution in [0.15, 0.2) is 47.1 Å². The quantitative estimate of drug-likeness (QED) is 0.638. The number of piperidine rings is 1. The standard InChI is InChI=1S/C19H16F2N4O3/c20-14-4-1-5-15(10-14)27-19-23-17(28-24-19)13-3-2-8-25(11-13)18(26)12-6-7-22-16(21)9-12/h1,4-7,9-10,13H,2-3,8,11H2/t13-/m0/s1. The van der Waals surface area contributed by atoms with Crippen LogP contribution in [-0.2, 0) is 0 Å².